The summed E-state index contributed by atoms with van der Waals surface area (Å²) in [6.45, 7) is 3.92. The highest BCUT2D eigenvalue weighted by molar-refractivity contribution is 5.99. The van der Waals surface area contributed by atoms with Crippen LogP contribution in [0, 0.1) is 12.7 Å². The summed E-state index contributed by atoms with van der Waals surface area (Å²) in [5.74, 6) is 0.600. The second-order valence-corrected chi connectivity index (χ2v) is 10.4. The maximum absolute atomic E-state index is 15.0. The Hall–Kier alpha value is -3.83. The van der Waals surface area contributed by atoms with Crippen molar-refractivity contribution >= 4 is 33.9 Å². The topological polar surface area (TPSA) is 101 Å². The van der Waals surface area contributed by atoms with E-state index in [0.717, 1.165) is 25.8 Å². The quantitative estimate of drug-likeness (QED) is 0.363. The lowest BCUT2D eigenvalue weighted by atomic mass is 9.73. The number of aromatic nitrogens is 5. The van der Waals surface area contributed by atoms with Gasteiger partial charge in [-0.1, -0.05) is 0 Å². The van der Waals surface area contributed by atoms with E-state index < -0.39 is 18.8 Å². The first-order valence-electron chi connectivity index (χ1n) is 12.6. The number of imidazole rings is 1. The Morgan fingerprint density at radius 2 is 2.05 bits per heavy atom. The number of rotatable bonds is 7. The Labute approximate surface area is 216 Å². The number of benzene rings is 1. The zero-order valence-corrected chi connectivity index (χ0v) is 21.3. The number of nitrogens with zero attached hydrogens (tertiary/aromatic N) is 5. The Kier molecular flexibility index (Phi) is 5.73. The molecule has 12 heteroatoms. The minimum atomic E-state index is -2.60. The highest BCUT2D eigenvalue weighted by atomic mass is 19.3. The Morgan fingerprint density at radius 3 is 2.74 bits per heavy atom. The molecule has 9 nitrogen and oxygen atoms in total. The Balaban J connectivity index is 1.31. The van der Waals surface area contributed by atoms with Gasteiger partial charge in [-0.15, -0.1) is 0 Å². The van der Waals surface area contributed by atoms with Crippen LogP contribution in [0.3, 0.4) is 0 Å². The first-order chi connectivity index (χ1) is 18.2. The summed E-state index contributed by atoms with van der Waals surface area (Å²) in [5, 5.41) is 3.90. The minimum Gasteiger partial charge on any atom is -0.480 e. The van der Waals surface area contributed by atoms with E-state index >= 15 is 4.39 Å². The molecule has 38 heavy (non-hydrogen) atoms. The number of hydrogen-bond acceptors (Lipinski definition) is 6. The van der Waals surface area contributed by atoms with E-state index in [4.69, 9.17) is 4.74 Å². The van der Waals surface area contributed by atoms with Gasteiger partial charge in [-0.2, -0.15) is 9.97 Å². The Morgan fingerprint density at radius 1 is 1.26 bits per heavy atom. The number of alkyl halides is 2. The molecule has 0 unspecified atom stereocenters. The van der Waals surface area contributed by atoms with Crippen molar-refractivity contribution in [1.82, 2.24) is 29.4 Å². The van der Waals surface area contributed by atoms with Gasteiger partial charge in [0.1, 0.15) is 17.0 Å². The second-order valence-electron chi connectivity index (χ2n) is 10.4. The third-order valence-electron chi connectivity index (χ3n) is 7.75. The average molecular weight is 528 g/mol. The van der Waals surface area contributed by atoms with Crippen LogP contribution >= 0.6 is 0 Å². The van der Waals surface area contributed by atoms with Gasteiger partial charge in [-0.05, 0) is 50.8 Å². The van der Waals surface area contributed by atoms with Gasteiger partial charge in [-0.3, -0.25) is 4.79 Å². The average Bonchev–Trinajstić information content (AvgIpc) is 3.55. The van der Waals surface area contributed by atoms with Gasteiger partial charge in [0.05, 0.1) is 24.6 Å². The zero-order chi connectivity index (χ0) is 26.8. The maximum atomic E-state index is 15.0. The van der Waals surface area contributed by atoms with Gasteiger partial charge in [-0.25, -0.2) is 18.2 Å². The van der Waals surface area contributed by atoms with Crippen molar-refractivity contribution in [2.45, 2.75) is 64.1 Å². The number of ether oxygens (including phenoxy) is 1. The van der Waals surface area contributed by atoms with Crippen molar-refractivity contribution in [3.8, 4) is 17.0 Å². The van der Waals surface area contributed by atoms with Crippen molar-refractivity contribution in [2.75, 3.05) is 19.0 Å². The molecule has 6 rings (SSSR count). The molecule has 0 spiro atoms. The molecule has 0 bridgehead atoms. The van der Waals surface area contributed by atoms with Crippen LogP contribution in [0.15, 0.2) is 18.3 Å². The number of fused-ring (bicyclic) bond motifs is 2. The molecule has 3 aromatic heterocycles. The van der Waals surface area contributed by atoms with Crippen LogP contribution in [-0.2, 0) is 11.3 Å². The maximum Gasteiger partial charge on any atom is 0.256 e. The van der Waals surface area contributed by atoms with Gasteiger partial charge in [0.2, 0.25) is 17.7 Å². The monoisotopic (exact) mass is 527 g/mol. The number of aryl methyl sites for hydroxylation is 1. The minimum absolute atomic E-state index is 0.0459. The van der Waals surface area contributed by atoms with Gasteiger partial charge in [0.25, 0.3) is 6.43 Å². The van der Waals surface area contributed by atoms with E-state index in [0.29, 0.717) is 46.2 Å². The number of likely N-dealkylation sites (tertiary alicyclic amines) is 1. The highest BCUT2D eigenvalue weighted by Gasteiger charge is 2.48. The summed E-state index contributed by atoms with van der Waals surface area (Å²) in [6.07, 6.45) is 2.18. The fraction of sp³-hybridized carbons (Fsp3) is 0.462. The number of aromatic amines is 1. The van der Waals surface area contributed by atoms with Crippen molar-refractivity contribution in [3.63, 3.8) is 0 Å². The van der Waals surface area contributed by atoms with Crippen LogP contribution in [0.2, 0.25) is 0 Å². The molecule has 4 aromatic rings. The van der Waals surface area contributed by atoms with Crippen LogP contribution in [0.1, 0.15) is 38.4 Å². The van der Waals surface area contributed by atoms with Crippen molar-refractivity contribution < 1.29 is 22.7 Å². The lowest BCUT2D eigenvalue weighted by Gasteiger charge is -2.51. The SMILES string of the molecule is COc1nc(N[C@H]2C[C@@](C)(N3CCCC3=O)C2)nc2[nH]cc(-c3cc(F)c4nc(C)n(CC(F)F)c4c3)c12. The Bertz CT molecular complexity index is 1560. The molecule has 1 aliphatic heterocycles. The van der Waals surface area contributed by atoms with E-state index in [9.17, 15) is 13.6 Å². The summed E-state index contributed by atoms with van der Waals surface area (Å²) < 4.78 is 48.3. The number of halogens is 3. The number of anilines is 1. The van der Waals surface area contributed by atoms with E-state index in [2.05, 4.69) is 32.2 Å². The molecule has 2 N–H and O–H groups in total. The number of methoxy groups -OCH3 is 1. The lowest BCUT2D eigenvalue weighted by Crippen LogP contribution is -2.59. The summed E-state index contributed by atoms with van der Waals surface area (Å²) >= 11 is 0. The van der Waals surface area contributed by atoms with Crippen LogP contribution in [0.5, 0.6) is 5.88 Å². The summed E-state index contributed by atoms with van der Waals surface area (Å²) in [6, 6.07) is 3.08. The zero-order valence-electron chi connectivity index (χ0n) is 21.3. The molecule has 1 aromatic carbocycles. The van der Waals surface area contributed by atoms with Gasteiger partial charge in [0, 0.05) is 36.3 Å². The molecule has 1 saturated heterocycles. The number of amides is 1. The highest BCUT2D eigenvalue weighted by Crippen LogP contribution is 2.42. The molecule has 0 radical (unpaired) electrons. The third kappa shape index (κ3) is 3.93. The molecule has 1 saturated carbocycles. The van der Waals surface area contributed by atoms with E-state index in [1.54, 1.807) is 19.2 Å². The lowest BCUT2D eigenvalue weighted by molar-refractivity contribution is -0.136. The van der Waals surface area contributed by atoms with Crippen molar-refractivity contribution in [2.24, 2.45) is 0 Å². The number of carbonyl (C=O) groups is 1. The van der Waals surface area contributed by atoms with Crippen LogP contribution in [0.4, 0.5) is 19.1 Å². The summed E-state index contributed by atoms with van der Waals surface area (Å²) in [7, 11) is 1.49. The number of H-pyrrole nitrogens is 1. The van der Waals surface area contributed by atoms with Crippen molar-refractivity contribution in [3.05, 3.63) is 30.0 Å². The largest absolute Gasteiger partial charge is 0.480 e. The number of hydrogen-bond donors (Lipinski definition) is 2. The fourth-order valence-electron chi connectivity index (χ4n) is 5.99. The predicted molar refractivity (Wildman–Crippen MR) is 136 cm³/mol. The summed E-state index contributed by atoms with van der Waals surface area (Å²) in [4.78, 5) is 30.6. The molecule has 4 heterocycles. The van der Waals surface area contributed by atoms with Gasteiger partial charge >= 0.3 is 0 Å². The van der Waals surface area contributed by atoms with Crippen LogP contribution in [-0.4, -0.2) is 67.0 Å². The predicted octanol–water partition coefficient (Wildman–Crippen LogP) is 4.65. The second kappa shape index (κ2) is 8.88. The number of carbonyl (C=O) groups excluding carboxylic acids is 1. The number of nitrogens with one attached hydrogen (secondary N) is 2. The molecule has 2 aliphatic rings. The first kappa shape index (κ1) is 24.5. The molecule has 1 aliphatic carbocycles. The summed E-state index contributed by atoms with van der Waals surface area (Å²) in [5.41, 5.74) is 1.71. The molecular weight excluding hydrogens is 499 g/mol. The van der Waals surface area contributed by atoms with Crippen LogP contribution < -0.4 is 10.1 Å². The normalized spacial score (nSPS) is 21.6. The third-order valence-corrected chi connectivity index (χ3v) is 7.75. The van der Waals surface area contributed by atoms with Gasteiger partial charge in [0.15, 0.2) is 5.82 Å². The fourth-order valence-corrected chi connectivity index (χ4v) is 5.99. The molecule has 2 fully saturated rings. The van der Waals surface area contributed by atoms with Crippen molar-refractivity contribution in [1.29, 1.82) is 0 Å². The van der Waals surface area contributed by atoms with E-state index in [-0.39, 0.29) is 28.5 Å². The standard InChI is InChI=1S/C26H28F3N7O2/c1-13-31-22-17(27)7-14(8-18(22)35(13)12-19(28)29)16-11-30-23-21(16)24(38-3)34-25(33-23)32-15-9-26(2,10-15)36-6-4-5-20(36)37/h7-8,11,15,19H,4-6,9-10,12H2,1-3H3,(H2,30,32,33,34)/t15-,26+. The van der Waals surface area contributed by atoms with Gasteiger partial charge < -0.3 is 24.5 Å². The first-order valence-corrected chi connectivity index (χ1v) is 12.6. The van der Waals surface area contributed by atoms with E-state index in [1.165, 1.54) is 17.7 Å². The molecule has 1 amide bonds. The molecule has 0 atom stereocenters. The molecular formula is C26H28F3N7O2. The molecule has 200 valence electrons. The van der Waals surface area contributed by atoms with E-state index in [1.807, 2.05) is 4.90 Å². The van der Waals surface area contributed by atoms with Crippen LogP contribution in [0.25, 0.3) is 33.2 Å². The smallest absolute Gasteiger partial charge is 0.256 e.